The van der Waals surface area contributed by atoms with E-state index in [1.807, 2.05) is 0 Å². The molecular formula is C7H5BrF2O. The largest absolute Gasteiger partial charge is 0.507 e. The Labute approximate surface area is 70.8 Å². The number of rotatable bonds is 1. The maximum absolute atomic E-state index is 12.7. The van der Waals surface area contributed by atoms with Crippen LogP contribution in [0.5, 0.6) is 5.75 Å². The van der Waals surface area contributed by atoms with Gasteiger partial charge < -0.3 is 5.11 Å². The molecule has 0 atom stereocenters. The van der Waals surface area contributed by atoms with Crippen LogP contribution < -0.4 is 0 Å². The molecule has 0 heterocycles. The van der Waals surface area contributed by atoms with Gasteiger partial charge in [-0.15, -0.1) is 0 Å². The third-order valence-electron chi connectivity index (χ3n) is 1.22. The fraction of sp³-hybridized carbons (Fsp3) is 0.143. The highest BCUT2D eigenvalue weighted by atomic mass is 79.9. The van der Waals surface area contributed by atoms with Crippen LogP contribution in [0.1, 0.15) is 5.56 Å². The fourth-order valence-electron chi connectivity index (χ4n) is 0.706. The normalized spacial score (nSPS) is 10.1. The van der Waals surface area contributed by atoms with E-state index in [-0.39, 0.29) is 15.8 Å². The van der Waals surface area contributed by atoms with Crippen molar-refractivity contribution in [3.8, 4) is 5.75 Å². The van der Waals surface area contributed by atoms with Crippen LogP contribution in [0.4, 0.5) is 8.78 Å². The average molecular weight is 223 g/mol. The molecule has 60 valence electrons. The molecule has 0 aliphatic heterocycles. The summed E-state index contributed by atoms with van der Waals surface area (Å²) >= 11 is 2.79. The summed E-state index contributed by atoms with van der Waals surface area (Å²) in [4.78, 5) is 0. The molecule has 0 saturated heterocycles. The van der Waals surface area contributed by atoms with Gasteiger partial charge in [-0.3, -0.25) is 0 Å². The Morgan fingerprint density at radius 3 is 2.55 bits per heavy atom. The van der Waals surface area contributed by atoms with Gasteiger partial charge in [-0.1, -0.05) is 0 Å². The van der Waals surface area contributed by atoms with E-state index in [1.165, 1.54) is 6.07 Å². The van der Waals surface area contributed by atoms with E-state index in [1.54, 1.807) is 0 Å². The van der Waals surface area contributed by atoms with Crippen molar-refractivity contribution in [2.75, 3.05) is 0 Å². The van der Waals surface area contributed by atoms with Gasteiger partial charge in [0, 0.05) is 0 Å². The number of hydrogen-bond acceptors (Lipinski definition) is 1. The molecule has 4 heteroatoms. The zero-order valence-corrected chi connectivity index (χ0v) is 7.03. The third kappa shape index (κ3) is 1.68. The van der Waals surface area contributed by atoms with E-state index in [0.29, 0.717) is 0 Å². The lowest BCUT2D eigenvalue weighted by Crippen LogP contribution is -1.83. The van der Waals surface area contributed by atoms with Crippen molar-refractivity contribution < 1.29 is 13.9 Å². The fourth-order valence-corrected chi connectivity index (χ4v) is 0.935. The van der Waals surface area contributed by atoms with Crippen molar-refractivity contribution in [2.24, 2.45) is 0 Å². The van der Waals surface area contributed by atoms with E-state index >= 15 is 0 Å². The highest BCUT2D eigenvalue weighted by Gasteiger charge is 2.06. The molecule has 0 aliphatic rings. The second-order valence-corrected chi connectivity index (χ2v) is 2.84. The number of phenolic OH excluding ortho intramolecular Hbond substituents is 1. The summed E-state index contributed by atoms with van der Waals surface area (Å²) in [5, 5.41) is 8.96. The monoisotopic (exact) mass is 222 g/mol. The molecule has 1 aromatic carbocycles. The highest BCUT2D eigenvalue weighted by molar-refractivity contribution is 9.10. The van der Waals surface area contributed by atoms with Crippen molar-refractivity contribution in [3.05, 3.63) is 28.0 Å². The topological polar surface area (TPSA) is 20.2 Å². The minimum absolute atomic E-state index is 0.0327. The van der Waals surface area contributed by atoms with Crippen LogP contribution in [0.3, 0.4) is 0 Å². The zero-order chi connectivity index (χ0) is 8.43. The minimum atomic E-state index is -0.780. The number of halogens is 3. The molecule has 1 nitrogen and oxygen atoms in total. The van der Waals surface area contributed by atoms with Gasteiger partial charge >= 0.3 is 0 Å². The first-order chi connectivity index (χ1) is 5.15. The Kier molecular flexibility index (Phi) is 2.44. The molecule has 1 rings (SSSR count). The Morgan fingerprint density at radius 2 is 2.09 bits per heavy atom. The lowest BCUT2D eigenvalue weighted by atomic mass is 10.2. The van der Waals surface area contributed by atoms with Crippen molar-refractivity contribution in [1.29, 1.82) is 0 Å². The van der Waals surface area contributed by atoms with Crippen molar-refractivity contribution in [1.82, 2.24) is 0 Å². The van der Waals surface area contributed by atoms with E-state index in [9.17, 15) is 8.78 Å². The Hall–Kier alpha value is -0.640. The van der Waals surface area contributed by atoms with Crippen LogP contribution in [-0.4, -0.2) is 5.11 Å². The Bertz CT molecular complexity index is 252. The average Bonchev–Trinajstić information content (AvgIpc) is 1.99. The molecule has 1 aromatic rings. The highest BCUT2D eigenvalue weighted by Crippen LogP contribution is 2.28. The van der Waals surface area contributed by atoms with Crippen LogP contribution in [-0.2, 0) is 6.67 Å². The lowest BCUT2D eigenvalue weighted by Gasteiger charge is -2.00. The molecule has 0 aliphatic carbocycles. The lowest BCUT2D eigenvalue weighted by molar-refractivity contribution is 0.451. The van der Waals surface area contributed by atoms with E-state index in [0.717, 1.165) is 6.07 Å². The SMILES string of the molecule is Oc1cc(CF)cc(F)c1Br. The molecule has 0 amide bonds. The minimum Gasteiger partial charge on any atom is -0.507 e. The standard InChI is InChI=1S/C7H5BrF2O/c8-7-5(10)1-4(3-9)2-6(7)11/h1-2,11H,3H2. The molecule has 11 heavy (non-hydrogen) atoms. The first-order valence-corrected chi connectivity index (χ1v) is 3.67. The second kappa shape index (κ2) is 3.17. The van der Waals surface area contributed by atoms with E-state index in [4.69, 9.17) is 5.11 Å². The molecule has 0 fully saturated rings. The van der Waals surface area contributed by atoms with Crippen LogP contribution in [0.15, 0.2) is 16.6 Å². The Balaban J connectivity index is 3.21. The molecule has 1 N–H and O–H groups in total. The van der Waals surface area contributed by atoms with Gasteiger partial charge in [0.2, 0.25) is 0 Å². The smallest absolute Gasteiger partial charge is 0.141 e. The number of aromatic hydroxyl groups is 1. The second-order valence-electron chi connectivity index (χ2n) is 2.04. The molecule has 0 unspecified atom stereocenters. The van der Waals surface area contributed by atoms with Crippen molar-refractivity contribution in [2.45, 2.75) is 6.67 Å². The molecule has 0 saturated carbocycles. The molecular weight excluding hydrogens is 218 g/mol. The van der Waals surface area contributed by atoms with Crippen molar-refractivity contribution in [3.63, 3.8) is 0 Å². The van der Waals surface area contributed by atoms with Crippen molar-refractivity contribution >= 4 is 15.9 Å². The van der Waals surface area contributed by atoms with Gasteiger partial charge in [-0.2, -0.15) is 0 Å². The quantitative estimate of drug-likeness (QED) is 0.775. The number of phenols is 1. The van der Waals surface area contributed by atoms with E-state index < -0.39 is 12.5 Å². The molecule has 0 spiro atoms. The first kappa shape index (κ1) is 8.46. The predicted molar refractivity (Wildman–Crippen MR) is 40.6 cm³/mol. The van der Waals surface area contributed by atoms with Crippen LogP contribution in [0.2, 0.25) is 0 Å². The first-order valence-electron chi connectivity index (χ1n) is 2.88. The van der Waals surface area contributed by atoms with Crippen LogP contribution in [0, 0.1) is 5.82 Å². The number of hydrogen-bond donors (Lipinski definition) is 1. The summed E-state index contributed by atoms with van der Waals surface area (Å²) in [6.45, 7) is -0.780. The summed E-state index contributed by atoms with van der Waals surface area (Å²) in [7, 11) is 0. The van der Waals surface area contributed by atoms with Gasteiger partial charge in [0.25, 0.3) is 0 Å². The summed E-state index contributed by atoms with van der Waals surface area (Å²) in [6, 6.07) is 2.21. The summed E-state index contributed by atoms with van der Waals surface area (Å²) < 4.78 is 24.5. The van der Waals surface area contributed by atoms with E-state index in [2.05, 4.69) is 15.9 Å². The number of alkyl halides is 1. The summed E-state index contributed by atoms with van der Waals surface area (Å²) in [5.41, 5.74) is 0.128. The maximum atomic E-state index is 12.7. The van der Waals surface area contributed by atoms with Crippen LogP contribution in [0.25, 0.3) is 0 Å². The van der Waals surface area contributed by atoms with Gasteiger partial charge in [0.15, 0.2) is 0 Å². The van der Waals surface area contributed by atoms with Crippen LogP contribution >= 0.6 is 15.9 Å². The van der Waals surface area contributed by atoms with Gasteiger partial charge in [0.05, 0.1) is 4.47 Å². The third-order valence-corrected chi connectivity index (χ3v) is 2.01. The summed E-state index contributed by atoms with van der Waals surface area (Å²) in [6.07, 6.45) is 0. The summed E-state index contributed by atoms with van der Waals surface area (Å²) in [5.74, 6) is -0.935. The molecule has 0 radical (unpaired) electrons. The van der Waals surface area contributed by atoms with Gasteiger partial charge in [0.1, 0.15) is 18.2 Å². The van der Waals surface area contributed by atoms with Gasteiger partial charge in [-0.25, -0.2) is 8.78 Å². The molecule has 0 bridgehead atoms. The predicted octanol–water partition coefficient (Wildman–Crippen LogP) is 2.76. The zero-order valence-electron chi connectivity index (χ0n) is 5.44. The maximum Gasteiger partial charge on any atom is 0.141 e. The Morgan fingerprint density at radius 1 is 1.45 bits per heavy atom. The molecule has 0 aromatic heterocycles. The number of benzene rings is 1. The van der Waals surface area contributed by atoms with Gasteiger partial charge in [-0.05, 0) is 33.6 Å².